The Balaban J connectivity index is 1.88. The summed E-state index contributed by atoms with van der Waals surface area (Å²) >= 11 is 0. The summed E-state index contributed by atoms with van der Waals surface area (Å²) in [6.07, 6.45) is 9.83. The summed E-state index contributed by atoms with van der Waals surface area (Å²) in [4.78, 5) is 13.0. The number of fused-ring (bicyclic) bond motifs is 1. The van der Waals surface area contributed by atoms with Crippen LogP contribution in [0.3, 0.4) is 0 Å². The van der Waals surface area contributed by atoms with Crippen LogP contribution in [-0.4, -0.2) is 23.6 Å². The van der Waals surface area contributed by atoms with Gasteiger partial charge in [-0.25, -0.2) is 0 Å². The fraction of sp³-hybridized carbons (Fsp3) is 0.720. The molecule has 3 aliphatic rings. The Labute approximate surface area is 175 Å². The standard InChI is InChI=1S/C25H36O4/c1-24(2,3)19-14-18-20(26)15-25(4,5)29-21(18)23(28-17-12-8-9-13-17)22(19)27-16-10-6-7-11-16/h14,16-17H,6-13,15H2,1-5H3. The smallest absolute Gasteiger partial charge is 0.204 e. The lowest BCUT2D eigenvalue weighted by Gasteiger charge is -2.36. The molecule has 4 heteroatoms. The van der Waals surface area contributed by atoms with E-state index in [0.717, 1.165) is 37.0 Å². The Morgan fingerprint density at radius 1 is 0.931 bits per heavy atom. The van der Waals surface area contributed by atoms with Crippen molar-refractivity contribution in [3.63, 3.8) is 0 Å². The molecule has 2 aliphatic carbocycles. The molecule has 0 bridgehead atoms. The van der Waals surface area contributed by atoms with E-state index < -0.39 is 5.60 Å². The Morgan fingerprint density at radius 3 is 1.97 bits per heavy atom. The molecule has 0 saturated heterocycles. The normalized spacial score (nSPS) is 22.4. The molecule has 29 heavy (non-hydrogen) atoms. The van der Waals surface area contributed by atoms with E-state index >= 15 is 0 Å². The average Bonchev–Trinajstić information content (AvgIpc) is 3.29. The third-order valence-corrected chi connectivity index (χ3v) is 6.44. The number of rotatable bonds is 4. The first-order chi connectivity index (χ1) is 13.6. The summed E-state index contributed by atoms with van der Waals surface area (Å²) in [5, 5.41) is 0. The largest absolute Gasteiger partial charge is 0.486 e. The van der Waals surface area contributed by atoms with Gasteiger partial charge in [-0.3, -0.25) is 4.79 Å². The summed E-state index contributed by atoms with van der Waals surface area (Å²) < 4.78 is 19.6. The summed E-state index contributed by atoms with van der Waals surface area (Å²) in [5.74, 6) is 2.21. The molecule has 0 spiro atoms. The molecule has 0 atom stereocenters. The number of ether oxygens (including phenoxy) is 3. The molecule has 0 amide bonds. The van der Waals surface area contributed by atoms with Gasteiger partial charge in [0.1, 0.15) is 5.60 Å². The van der Waals surface area contributed by atoms with E-state index in [9.17, 15) is 4.79 Å². The van der Waals surface area contributed by atoms with Gasteiger partial charge in [-0.1, -0.05) is 20.8 Å². The first-order valence-electron chi connectivity index (χ1n) is 11.4. The second-order valence-electron chi connectivity index (χ2n) is 10.7. The van der Waals surface area contributed by atoms with Gasteiger partial charge in [0.25, 0.3) is 0 Å². The van der Waals surface area contributed by atoms with E-state index in [1.165, 1.54) is 25.7 Å². The predicted molar refractivity (Wildman–Crippen MR) is 115 cm³/mol. The van der Waals surface area contributed by atoms with Crippen molar-refractivity contribution < 1.29 is 19.0 Å². The van der Waals surface area contributed by atoms with Crippen LogP contribution < -0.4 is 14.2 Å². The summed E-state index contributed by atoms with van der Waals surface area (Å²) in [5.41, 5.74) is 1.00. The van der Waals surface area contributed by atoms with Crippen molar-refractivity contribution in [3.8, 4) is 17.2 Å². The topological polar surface area (TPSA) is 44.8 Å². The zero-order chi connectivity index (χ0) is 20.8. The van der Waals surface area contributed by atoms with Crippen LogP contribution in [0.25, 0.3) is 0 Å². The number of hydrogen-bond acceptors (Lipinski definition) is 4. The Hall–Kier alpha value is -1.71. The fourth-order valence-electron chi connectivity index (χ4n) is 4.85. The van der Waals surface area contributed by atoms with Crippen molar-refractivity contribution in [3.05, 3.63) is 17.2 Å². The van der Waals surface area contributed by atoms with Gasteiger partial charge in [0.15, 0.2) is 17.3 Å². The van der Waals surface area contributed by atoms with Gasteiger partial charge in [-0.05, 0) is 76.7 Å². The van der Waals surface area contributed by atoms with Crippen LogP contribution in [0.1, 0.15) is 108 Å². The molecule has 0 unspecified atom stereocenters. The molecule has 0 radical (unpaired) electrons. The van der Waals surface area contributed by atoms with E-state index in [1.807, 2.05) is 19.9 Å². The fourth-order valence-corrected chi connectivity index (χ4v) is 4.85. The number of carbonyl (C=O) groups is 1. The Kier molecular flexibility index (Phi) is 5.33. The molecule has 1 aromatic carbocycles. The lowest BCUT2D eigenvalue weighted by Crippen LogP contribution is -2.37. The summed E-state index contributed by atoms with van der Waals surface area (Å²) in [6, 6.07) is 2.01. The highest BCUT2D eigenvalue weighted by molar-refractivity contribution is 6.02. The highest BCUT2D eigenvalue weighted by Crippen LogP contribution is 2.52. The van der Waals surface area contributed by atoms with Crippen LogP contribution >= 0.6 is 0 Å². The first-order valence-corrected chi connectivity index (χ1v) is 11.4. The minimum absolute atomic E-state index is 0.130. The van der Waals surface area contributed by atoms with Crippen LogP contribution in [-0.2, 0) is 5.41 Å². The molecular formula is C25H36O4. The second-order valence-corrected chi connectivity index (χ2v) is 10.7. The zero-order valence-corrected chi connectivity index (χ0v) is 18.7. The highest BCUT2D eigenvalue weighted by Gasteiger charge is 2.40. The minimum Gasteiger partial charge on any atom is -0.486 e. The number of hydrogen-bond donors (Lipinski definition) is 0. The summed E-state index contributed by atoms with van der Waals surface area (Å²) in [6.45, 7) is 10.5. The van der Waals surface area contributed by atoms with Gasteiger partial charge in [0.2, 0.25) is 5.75 Å². The quantitative estimate of drug-likeness (QED) is 0.589. The van der Waals surface area contributed by atoms with E-state index in [1.54, 1.807) is 0 Å². The van der Waals surface area contributed by atoms with Crippen molar-refractivity contribution in [1.82, 2.24) is 0 Å². The molecular weight excluding hydrogens is 364 g/mol. The number of carbonyl (C=O) groups excluding carboxylic acids is 1. The Bertz CT molecular complexity index is 775. The molecule has 1 aromatic rings. The maximum Gasteiger partial charge on any atom is 0.204 e. The number of benzene rings is 1. The molecule has 0 aromatic heterocycles. The molecule has 2 fully saturated rings. The van der Waals surface area contributed by atoms with Crippen LogP contribution in [0.5, 0.6) is 17.2 Å². The van der Waals surface area contributed by atoms with Gasteiger partial charge in [-0.15, -0.1) is 0 Å². The molecule has 4 nitrogen and oxygen atoms in total. The Morgan fingerprint density at radius 2 is 1.45 bits per heavy atom. The maximum atomic E-state index is 13.0. The lowest BCUT2D eigenvalue weighted by atomic mass is 9.82. The van der Waals surface area contributed by atoms with Gasteiger partial charge in [-0.2, -0.15) is 0 Å². The monoisotopic (exact) mass is 400 g/mol. The molecule has 160 valence electrons. The summed E-state index contributed by atoms with van der Waals surface area (Å²) in [7, 11) is 0. The highest BCUT2D eigenvalue weighted by atomic mass is 16.6. The maximum absolute atomic E-state index is 13.0. The van der Waals surface area contributed by atoms with Crippen molar-refractivity contribution in [2.45, 2.75) is 116 Å². The third-order valence-electron chi connectivity index (χ3n) is 6.44. The molecule has 0 N–H and O–H groups in total. The first kappa shape index (κ1) is 20.6. The zero-order valence-electron chi connectivity index (χ0n) is 18.7. The van der Waals surface area contributed by atoms with E-state index in [0.29, 0.717) is 23.5 Å². The van der Waals surface area contributed by atoms with Gasteiger partial charge in [0.05, 0.1) is 24.2 Å². The van der Waals surface area contributed by atoms with Gasteiger partial charge >= 0.3 is 0 Å². The predicted octanol–water partition coefficient (Wildman–Crippen LogP) is 6.37. The lowest BCUT2D eigenvalue weighted by molar-refractivity contribution is 0.0568. The van der Waals surface area contributed by atoms with Crippen LogP contribution in [0, 0.1) is 0 Å². The molecule has 4 rings (SSSR count). The number of ketones is 1. The molecule has 1 aliphatic heterocycles. The SMILES string of the molecule is CC1(C)CC(=O)c2cc(C(C)(C)C)c(OC3CCCC3)c(OC3CCCC3)c2O1. The van der Waals surface area contributed by atoms with E-state index in [-0.39, 0.29) is 23.4 Å². The van der Waals surface area contributed by atoms with Crippen molar-refractivity contribution in [2.24, 2.45) is 0 Å². The minimum atomic E-state index is -0.536. The average molecular weight is 401 g/mol. The molecule has 1 heterocycles. The van der Waals surface area contributed by atoms with Crippen LogP contribution in [0.15, 0.2) is 6.07 Å². The van der Waals surface area contributed by atoms with Crippen LogP contribution in [0.2, 0.25) is 0 Å². The van der Waals surface area contributed by atoms with Crippen molar-refractivity contribution >= 4 is 5.78 Å². The van der Waals surface area contributed by atoms with Gasteiger partial charge in [0, 0.05) is 5.56 Å². The molecule has 2 saturated carbocycles. The van der Waals surface area contributed by atoms with Gasteiger partial charge < -0.3 is 14.2 Å². The van der Waals surface area contributed by atoms with Crippen molar-refractivity contribution in [2.75, 3.05) is 0 Å². The number of Topliss-reactive ketones (excluding diaryl/α,β-unsaturated/α-hetero) is 1. The van der Waals surface area contributed by atoms with Crippen LogP contribution in [0.4, 0.5) is 0 Å². The second kappa shape index (κ2) is 7.52. The van der Waals surface area contributed by atoms with E-state index in [4.69, 9.17) is 14.2 Å². The van der Waals surface area contributed by atoms with E-state index in [2.05, 4.69) is 20.8 Å². The van der Waals surface area contributed by atoms with Crippen molar-refractivity contribution in [1.29, 1.82) is 0 Å². The third kappa shape index (κ3) is 4.27.